The summed E-state index contributed by atoms with van der Waals surface area (Å²) in [6.07, 6.45) is 0. The quantitative estimate of drug-likeness (QED) is 0.511. The Morgan fingerprint density at radius 2 is 1.75 bits per heavy atom. The number of ether oxygens (including phenoxy) is 1. The molecule has 0 saturated carbocycles. The highest BCUT2D eigenvalue weighted by atomic mass is 32.2. The number of benzene rings is 2. The Morgan fingerprint density at radius 1 is 1.09 bits per heavy atom. The van der Waals surface area contributed by atoms with E-state index < -0.39 is 58.2 Å². The summed E-state index contributed by atoms with van der Waals surface area (Å²) < 4.78 is 67.9. The number of nitriles is 1. The molecule has 8 nitrogen and oxygen atoms in total. The van der Waals surface area contributed by atoms with Gasteiger partial charge in [0.15, 0.2) is 9.84 Å². The Morgan fingerprint density at radius 3 is 2.38 bits per heavy atom. The van der Waals surface area contributed by atoms with Crippen molar-refractivity contribution in [3.05, 3.63) is 65.5 Å². The number of rotatable bonds is 10. The van der Waals surface area contributed by atoms with Gasteiger partial charge in [0, 0.05) is 11.1 Å². The van der Waals surface area contributed by atoms with Crippen LogP contribution in [-0.4, -0.2) is 45.2 Å². The van der Waals surface area contributed by atoms with Gasteiger partial charge in [-0.15, -0.1) is 0 Å². The van der Waals surface area contributed by atoms with E-state index in [4.69, 9.17) is 5.26 Å². The number of nitrogens with zero attached hydrogens (tertiary/aromatic N) is 1. The predicted octanol–water partition coefficient (Wildman–Crippen LogP) is 1.78. The van der Waals surface area contributed by atoms with Crippen molar-refractivity contribution in [3.63, 3.8) is 0 Å². The number of nitrogens with one attached hydrogen (secondary N) is 2. The number of para-hydroxylation sites is 1. The minimum atomic E-state index is -4.14. The highest BCUT2D eigenvalue weighted by Gasteiger charge is 2.28. The SMILES string of the molecule is N#CCNC(=O)C(CS(=O)(=O)Cc1ccccc1OC(F)F)NC(=O)c1ccc(F)cc1. The van der Waals surface area contributed by atoms with E-state index in [0.717, 1.165) is 24.3 Å². The Kier molecular flexibility index (Phi) is 8.60. The highest BCUT2D eigenvalue weighted by Crippen LogP contribution is 2.23. The molecule has 2 N–H and O–H groups in total. The normalized spacial score (nSPS) is 12.0. The Bertz CT molecular complexity index is 1100. The molecule has 0 aliphatic rings. The molecule has 12 heteroatoms. The van der Waals surface area contributed by atoms with Gasteiger partial charge in [-0.25, -0.2) is 12.8 Å². The van der Waals surface area contributed by atoms with Crippen LogP contribution in [0.3, 0.4) is 0 Å². The monoisotopic (exact) mass is 469 g/mol. The molecule has 0 spiro atoms. The maximum Gasteiger partial charge on any atom is 0.387 e. The van der Waals surface area contributed by atoms with E-state index in [2.05, 4.69) is 15.4 Å². The summed E-state index contributed by atoms with van der Waals surface area (Å²) in [4.78, 5) is 24.7. The molecule has 2 amide bonds. The summed E-state index contributed by atoms with van der Waals surface area (Å²) in [6, 6.07) is 9.60. The van der Waals surface area contributed by atoms with Crippen LogP contribution in [0.25, 0.3) is 0 Å². The lowest BCUT2D eigenvalue weighted by Crippen LogP contribution is -2.50. The van der Waals surface area contributed by atoms with Crippen LogP contribution in [0, 0.1) is 17.1 Å². The molecule has 170 valence electrons. The molecule has 0 saturated heterocycles. The van der Waals surface area contributed by atoms with Crippen LogP contribution in [0.5, 0.6) is 5.75 Å². The molecule has 0 aliphatic heterocycles. The van der Waals surface area contributed by atoms with E-state index in [0.29, 0.717) is 0 Å². The van der Waals surface area contributed by atoms with Gasteiger partial charge in [-0.3, -0.25) is 9.59 Å². The summed E-state index contributed by atoms with van der Waals surface area (Å²) in [5.74, 6) is -4.37. The smallest absolute Gasteiger partial charge is 0.387 e. The average molecular weight is 469 g/mol. The molecule has 32 heavy (non-hydrogen) atoms. The van der Waals surface area contributed by atoms with Gasteiger partial charge in [-0.2, -0.15) is 14.0 Å². The van der Waals surface area contributed by atoms with E-state index in [1.54, 1.807) is 6.07 Å². The first-order valence-electron chi connectivity index (χ1n) is 9.05. The zero-order valence-electron chi connectivity index (χ0n) is 16.4. The second-order valence-electron chi connectivity index (χ2n) is 6.45. The lowest BCUT2D eigenvalue weighted by Gasteiger charge is -2.18. The van der Waals surface area contributed by atoms with Gasteiger partial charge in [0.25, 0.3) is 5.91 Å². The lowest BCUT2D eigenvalue weighted by molar-refractivity contribution is -0.122. The van der Waals surface area contributed by atoms with Crippen molar-refractivity contribution < 1.29 is 35.9 Å². The second kappa shape index (κ2) is 11.1. The van der Waals surface area contributed by atoms with Crippen molar-refractivity contribution in [3.8, 4) is 11.8 Å². The Labute approximate surface area is 181 Å². The Hall–Kier alpha value is -3.59. The van der Waals surface area contributed by atoms with E-state index >= 15 is 0 Å². The molecule has 0 aliphatic carbocycles. The molecule has 0 bridgehead atoms. The number of amides is 2. The average Bonchev–Trinajstić information content (AvgIpc) is 2.72. The number of halogens is 3. The molecule has 0 fully saturated rings. The second-order valence-corrected chi connectivity index (χ2v) is 8.56. The number of carbonyl (C=O) groups is 2. The van der Waals surface area contributed by atoms with Gasteiger partial charge in [-0.05, 0) is 30.3 Å². The number of alkyl halides is 2. The first kappa shape index (κ1) is 24.7. The minimum Gasteiger partial charge on any atom is -0.435 e. The highest BCUT2D eigenvalue weighted by molar-refractivity contribution is 7.90. The fourth-order valence-electron chi connectivity index (χ4n) is 2.66. The van der Waals surface area contributed by atoms with E-state index in [1.165, 1.54) is 24.3 Å². The number of sulfone groups is 1. The predicted molar refractivity (Wildman–Crippen MR) is 107 cm³/mol. The minimum absolute atomic E-state index is 0.0300. The summed E-state index contributed by atoms with van der Waals surface area (Å²) in [5, 5.41) is 13.0. The summed E-state index contributed by atoms with van der Waals surface area (Å²) >= 11 is 0. The molecule has 0 heterocycles. The molecule has 1 unspecified atom stereocenters. The van der Waals surface area contributed by atoms with Crippen LogP contribution in [0.2, 0.25) is 0 Å². The molecule has 0 radical (unpaired) electrons. The van der Waals surface area contributed by atoms with Crippen molar-refractivity contribution >= 4 is 21.7 Å². The standard InChI is InChI=1S/C20H18F3N3O5S/c21-15-7-5-13(6-8-15)18(27)26-16(19(28)25-10-9-24)12-32(29,30)11-14-3-1-2-4-17(14)31-20(22)23/h1-8,16,20H,10-12H2,(H,25,28)(H,26,27). The van der Waals surface area contributed by atoms with Gasteiger partial charge in [0.05, 0.1) is 17.6 Å². The summed E-state index contributed by atoms with van der Waals surface area (Å²) in [7, 11) is -4.14. The van der Waals surface area contributed by atoms with Crippen LogP contribution in [0.15, 0.2) is 48.5 Å². The number of hydrogen-bond acceptors (Lipinski definition) is 6. The van der Waals surface area contributed by atoms with E-state index in [9.17, 15) is 31.2 Å². The van der Waals surface area contributed by atoms with Crippen molar-refractivity contribution in [2.75, 3.05) is 12.3 Å². The van der Waals surface area contributed by atoms with Crippen molar-refractivity contribution in [1.29, 1.82) is 5.26 Å². The van der Waals surface area contributed by atoms with Gasteiger partial charge in [0.1, 0.15) is 24.2 Å². The van der Waals surface area contributed by atoms with Crippen LogP contribution in [-0.2, 0) is 20.4 Å². The van der Waals surface area contributed by atoms with Gasteiger partial charge in [0.2, 0.25) is 5.91 Å². The lowest BCUT2D eigenvalue weighted by atomic mass is 10.2. The van der Waals surface area contributed by atoms with Crippen LogP contribution in [0.1, 0.15) is 15.9 Å². The van der Waals surface area contributed by atoms with Gasteiger partial charge in [-0.1, -0.05) is 18.2 Å². The van der Waals surface area contributed by atoms with Crippen LogP contribution in [0.4, 0.5) is 13.2 Å². The molecule has 1 atom stereocenters. The maximum absolute atomic E-state index is 13.1. The molecule has 2 aromatic rings. The topological polar surface area (TPSA) is 125 Å². The van der Waals surface area contributed by atoms with Gasteiger partial charge >= 0.3 is 6.61 Å². The summed E-state index contributed by atoms with van der Waals surface area (Å²) in [5.41, 5.74) is -0.0913. The first-order valence-corrected chi connectivity index (χ1v) is 10.9. The zero-order chi connectivity index (χ0) is 23.7. The van der Waals surface area contributed by atoms with Crippen molar-refractivity contribution in [1.82, 2.24) is 10.6 Å². The fraction of sp³-hybridized carbons (Fsp3) is 0.250. The van der Waals surface area contributed by atoms with Crippen molar-refractivity contribution in [2.24, 2.45) is 0 Å². The Balaban J connectivity index is 2.22. The fourth-order valence-corrected chi connectivity index (χ4v) is 4.23. The van der Waals surface area contributed by atoms with Crippen LogP contribution >= 0.6 is 0 Å². The molecule has 2 aromatic carbocycles. The third-order valence-electron chi connectivity index (χ3n) is 4.05. The third-order valence-corrected chi connectivity index (χ3v) is 5.65. The maximum atomic E-state index is 13.1. The first-order chi connectivity index (χ1) is 15.1. The molecular weight excluding hydrogens is 451 g/mol. The molecular formula is C20H18F3N3O5S. The number of carbonyl (C=O) groups excluding carboxylic acids is 2. The molecule has 0 aromatic heterocycles. The third kappa shape index (κ3) is 7.59. The molecule has 2 rings (SSSR count). The summed E-state index contributed by atoms with van der Waals surface area (Å²) in [6.45, 7) is -3.61. The van der Waals surface area contributed by atoms with Crippen LogP contribution < -0.4 is 15.4 Å². The van der Waals surface area contributed by atoms with Gasteiger partial charge < -0.3 is 15.4 Å². The van der Waals surface area contributed by atoms with E-state index in [-0.39, 0.29) is 16.9 Å². The largest absolute Gasteiger partial charge is 0.435 e. The van der Waals surface area contributed by atoms with E-state index in [1.807, 2.05) is 0 Å². The number of hydrogen-bond donors (Lipinski definition) is 2. The zero-order valence-corrected chi connectivity index (χ0v) is 17.2. The van der Waals surface area contributed by atoms with Crippen molar-refractivity contribution in [2.45, 2.75) is 18.4 Å².